The third-order valence-electron chi connectivity index (χ3n) is 7.06. The second kappa shape index (κ2) is 14.1. The molecule has 0 aliphatic rings. The van der Waals surface area contributed by atoms with Gasteiger partial charge in [0.05, 0.1) is 11.9 Å². The van der Waals surface area contributed by atoms with Crippen molar-refractivity contribution in [2.45, 2.75) is 59.5 Å². The molecule has 214 valence electrons. The van der Waals surface area contributed by atoms with Crippen molar-refractivity contribution in [3.05, 3.63) is 101 Å². The number of rotatable bonds is 13. The van der Waals surface area contributed by atoms with Crippen molar-refractivity contribution >= 4 is 27.5 Å². The summed E-state index contributed by atoms with van der Waals surface area (Å²) >= 11 is 0. The van der Waals surface area contributed by atoms with E-state index in [0.717, 1.165) is 51.2 Å². The van der Waals surface area contributed by atoms with E-state index in [0.29, 0.717) is 18.7 Å². The Morgan fingerprint density at radius 3 is 2.23 bits per heavy atom. The number of carbonyl (C=O) groups excluding carboxylic acids is 2. The molecule has 0 heterocycles. The van der Waals surface area contributed by atoms with E-state index in [2.05, 4.69) is 5.32 Å². The zero-order chi connectivity index (χ0) is 29.3. The van der Waals surface area contributed by atoms with Gasteiger partial charge < -0.3 is 10.2 Å². The van der Waals surface area contributed by atoms with Crippen molar-refractivity contribution in [1.82, 2.24) is 10.2 Å². The van der Waals surface area contributed by atoms with Crippen LogP contribution >= 0.6 is 0 Å². The van der Waals surface area contributed by atoms with Gasteiger partial charge in [0.1, 0.15) is 12.6 Å². The average Bonchev–Trinajstić information content (AvgIpc) is 2.91. The number of amides is 2. The van der Waals surface area contributed by atoms with Crippen molar-refractivity contribution < 1.29 is 18.0 Å². The fourth-order valence-electron chi connectivity index (χ4n) is 4.67. The predicted molar refractivity (Wildman–Crippen MR) is 162 cm³/mol. The predicted octanol–water partition coefficient (Wildman–Crippen LogP) is 4.93. The molecule has 0 bridgehead atoms. The van der Waals surface area contributed by atoms with Gasteiger partial charge in [-0.2, -0.15) is 0 Å². The Balaban J connectivity index is 2.06. The zero-order valence-electron chi connectivity index (χ0n) is 24.2. The molecule has 0 saturated heterocycles. The molecule has 1 N–H and O–H groups in total. The van der Waals surface area contributed by atoms with Crippen LogP contribution in [0.1, 0.15) is 47.6 Å². The molecule has 0 aromatic heterocycles. The number of nitrogens with zero attached hydrogens (tertiary/aromatic N) is 2. The van der Waals surface area contributed by atoms with Gasteiger partial charge in [-0.15, -0.1) is 0 Å². The first-order valence-electron chi connectivity index (χ1n) is 13.7. The number of benzene rings is 3. The first-order valence-corrected chi connectivity index (χ1v) is 15.6. The molecule has 7 nitrogen and oxygen atoms in total. The Morgan fingerprint density at radius 2 is 1.57 bits per heavy atom. The van der Waals surface area contributed by atoms with E-state index in [1.807, 2.05) is 88.4 Å². The highest BCUT2D eigenvalue weighted by Crippen LogP contribution is 2.26. The Kier molecular flexibility index (Phi) is 10.9. The van der Waals surface area contributed by atoms with E-state index in [1.165, 1.54) is 4.90 Å². The Labute approximate surface area is 239 Å². The van der Waals surface area contributed by atoms with E-state index in [1.54, 1.807) is 12.1 Å². The van der Waals surface area contributed by atoms with Crippen LogP contribution < -0.4 is 9.62 Å². The van der Waals surface area contributed by atoms with Crippen LogP contribution in [-0.2, 0) is 32.6 Å². The molecule has 3 aromatic carbocycles. The van der Waals surface area contributed by atoms with Gasteiger partial charge in [0.15, 0.2) is 0 Å². The first-order chi connectivity index (χ1) is 19.0. The van der Waals surface area contributed by atoms with E-state index in [-0.39, 0.29) is 12.5 Å². The Bertz CT molecular complexity index is 1410. The quantitative estimate of drug-likeness (QED) is 0.299. The van der Waals surface area contributed by atoms with Gasteiger partial charge in [0.2, 0.25) is 21.8 Å². The summed E-state index contributed by atoms with van der Waals surface area (Å²) in [6.45, 7) is 8.03. The number of carbonyl (C=O) groups is 2. The second-order valence-corrected chi connectivity index (χ2v) is 12.3. The lowest BCUT2D eigenvalue weighted by atomic mass is 10.0. The van der Waals surface area contributed by atoms with E-state index >= 15 is 0 Å². The normalized spacial score (nSPS) is 12.0. The van der Waals surface area contributed by atoms with Crippen molar-refractivity contribution in [1.29, 1.82) is 0 Å². The lowest BCUT2D eigenvalue weighted by molar-refractivity contribution is -0.140. The Morgan fingerprint density at radius 1 is 0.900 bits per heavy atom. The van der Waals surface area contributed by atoms with Gasteiger partial charge in [0.25, 0.3) is 0 Å². The summed E-state index contributed by atoms with van der Waals surface area (Å²) < 4.78 is 27.2. The molecular weight excluding hydrogens is 522 g/mol. The van der Waals surface area contributed by atoms with Crippen LogP contribution in [0.3, 0.4) is 0 Å². The summed E-state index contributed by atoms with van der Waals surface area (Å²) in [6.07, 6.45) is 3.16. The van der Waals surface area contributed by atoms with Gasteiger partial charge in [-0.25, -0.2) is 8.42 Å². The van der Waals surface area contributed by atoms with Crippen LogP contribution in [-0.4, -0.2) is 50.5 Å². The fraction of sp³-hybridized carbons (Fsp3) is 0.375. The molecule has 1 atom stereocenters. The topological polar surface area (TPSA) is 86.8 Å². The van der Waals surface area contributed by atoms with Crippen LogP contribution in [0.2, 0.25) is 0 Å². The van der Waals surface area contributed by atoms with Gasteiger partial charge in [-0.05, 0) is 55.5 Å². The van der Waals surface area contributed by atoms with Crippen LogP contribution in [0.4, 0.5) is 5.69 Å². The number of sulfonamides is 1. The molecule has 0 fully saturated rings. The summed E-state index contributed by atoms with van der Waals surface area (Å²) in [6, 6.07) is 21.9. The smallest absolute Gasteiger partial charge is 0.244 e. The summed E-state index contributed by atoms with van der Waals surface area (Å²) in [7, 11) is -3.80. The molecule has 8 heteroatoms. The van der Waals surface area contributed by atoms with Crippen molar-refractivity contribution in [2.24, 2.45) is 0 Å². The van der Waals surface area contributed by atoms with Gasteiger partial charge >= 0.3 is 0 Å². The molecule has 2 amide bonds. The highest BCUT2D eigenvalue weighted by Gasteiger charge is 2.33. The summed E-state index contributed by atoms with van der Waals surface area (Å²) in [5.74, 6) is -0.699. The minimum Gasteiger partial charge on any atom is -0.354 e. The highest BCUT2D eigenvalue weighted by atomic mass is 32.2. The maximum atomic E-state index is 14.2. The minimum atomic E-state index is -3.80. The molecule has 0 saturated carbocycles. The number of hydrogen-bond acceptors (Lipinski definition) is 4. The van der Waals surface area contributed by atoms with Crippen LogP contribution in [0, 0.1) is 20.8 Å². The molecule has 3 aromatic rings. The number of unbranched alkanes of at least 4 members (excludes halogenated alkanes) is 1. The van der Waals surface area contributed by atoms with Crippen LogP contribution in [0.25, 0.3) is 0 Å². The molecule has 40 heavy (non-hydrogen) atoms. The lowest BCUT2D eigenvalue weighted by Gasteiger charge is -2.34. The number of anilines is 1. The third-order valence-corrected chi connectivity index (χ3v) is 8.19. The van der Waals surface area contributed by atoms with Gasteiger partial charge in [-0.3, -0.25) is 13.9 Å². The first kappa shape index (κ1) is 30.9. The van der Waals surface area contributed by atoms with E-state index in [4.69, 9.17) is 0 Å². The molecule has 0 aliphatic carbocycles. The monoisotopic (exact) mass is 563 g/mol. The summed E-state index contributed by atoms with van der Waals surface area (Å²) in [4.78, 5) is 29.3. The SMILES string of the molecule is CCCCNC(=O)[C@@H](Cc1ccccc1)N(Cc1cccc(C)c1)C(=O)CN(c1cccc(C)c1C)S(C)(=O)=O. The standard InChI is InChI=1S/C32H41N3O4S/c1-6-7-19-33-32(37)30(21-27-15-9-8-10-16-27)34(22-28-17-11-13-24(2)20-28)31(36)23-35(40(5,38)39)29-18-12-14-25(3)26(29)4/h8-18,20,30H,6-7,19,21-23H2,1-5H3,(H,33,37)/t30-/m1/s1. The van der Waals surface area contributed by atoms with Crippen molar-refractivity contribution in [3.8, 4) is 0 Å². The van der Waals surface area contributed by atoms with Crippen molar-refractivity contribution in [3.63, 3.8) is 0 Å². The van der Waals surface area contributed by atoms with Crippen LogP contribution in [0.5, 0.6) is 0 Å². The van der Waals surface area contributed by atoms with Gasteiger partial charge in [-0.1, -0.05) is 85.6 Å². The number of nitrogens with one attached hydrogen (secondary N) is 1. The molecule has 0 radical (unpaired) electrons. The maximum Gasteiger partial charge on any atom is 0.244 e. The number of hydrogen-bond donors (Lipinski definition) is 1. The van der Waals surface area contributed by atoms with Crippen molar-refractivity contribution in [2.75, 3.05) is 23.7 Å². The molecular formula is C32H41N3O4S. The largest absolute Gasteiger partial charge is 0.354 e. The Hall–Kier alpha value is -3.65. The molecule has 0 spiro atoms. The third kappa shape index (κ3) is 8.42. The second-order valence-electron chi connectivity index (χ2n) is 10.3. The van der Waals surface area contributed by atoms with Crippen LogP contribution in [0.15, 0.2) is 72.8 Å². The van der Waals surface area contributed by atoms with E-state index < -0.39 is 28.5 Å². The summed E-state index contributed by atoms with van der Waals surface area (Å²) in [5.41, 5.74) is 4.97. The molecule has 0 unspecified atom stereocenters. The molecule has 0 aliphatic heterocycles. The molecule has 3 rings (SSSR count). The minimum absolute atomic E-state index is 0.170. The summed E-state index contributed by atoms with van der Waals surface area (Å²) in [5, 5.41) is 3.00. The highest BCUT2D eigenvalue weighted by molar-refractivity contribution is 7.92. The maximum absolute atomic E-state index is 14.2. The average molecular weight is 564 g/mol. The van der Waals surface area contributed by atoms with Gasteiger partial charge in [0, 0.05) is 19.5 Å². The zero-order valence-corrected chi connectivity index (χ0v) is 25.0. The lowest BCUT2D eigenvalue weighted by Crippen LogP contribution is -2.53. The number of aryl methyl sites for hydroxylation is 2. The van der Waals surface area contributed by atoms with E-state index in [9.17, 15) is 18.0 Å². The fourth-order valence-corrected chi connectivity index (χ4v) is 5.57.